The van der Waals surface area contributed by atoms with Crippen molar-refractivity contribution in [3.8, 4) is 0 Å². The molecule has 0 aromatic heterocycles. The van der Waals surface area contributed by atoms with E-state index in [-0.39, 0.29) is 12.1 Å². The lowest BCUT2D eigenvalue weighted by atomic mass is 10.0. The molecule has 0 saturated carbocycles. The van der Waals surface area contributed by atoms with Crippen LogP contribution in [0.15, 0.2) is 30.3 Å². The largest absolute Gasteiger partial charge is 0.444 e. The fourth-order valence-corrected chi connectivity index (χ4v) is 2.38. The number of hydrogen-bond acceptors (Lipinski definition) is 4. The summed E-state index contributed by atoms with van der Waals surface area (Å²) < 4.78 is 10.6. The van der Waals surface area contributed by atoms with Crippen LogP contribution in [0.3, 0.4) is 0 Å². The number of ether oxygens (including phenoxy) is 2. The van der Waals surface area contributed by atoms with E-state index in [4.69, 9.17) is 9.47 Å². The number of amides is 1. The van der Waals surface area contributed by atoms with Crippen LogP contribution in [0.4, 0.5) is 4.79 Å². The van der Waals surface area contributed by atoms with Crippen molar-refractivity contribution in [2.75, 3.05) is 33.4 Å². The summed E-state index contributed by atoms with van der Waals surface area (Å²) in [4.78, 5) is 14.0. The van der Waals surface area contributed by atoms with Crippen LogP contribution in [0.5, 0.6) is 0 Å². The minimum Gasteiger partial charge on any atom is -0.444 e. The highest BCUT2D eigenvalue weighted by Gasteiger charge is 2.22. The molecule has 1 atom stereocenters. The smallest absolute Gasteiger partial charge is 0.410 e. The number of rotatable bonds is 9. The maximum absolute atomic E-state index is 12.3. The van der Waals surface area contributed by atoms with Gasteiger partial charge < -0.3 is 19.7 Å². The molecule has 24 heavy (non-hydrogen) atoms. The molecule has 1 aromatic rings. The van der Waals surface area contributed by atoms with Crippen molar-refractivity contribution in [1.29, 1.82) is 0 Å². The third-order valence-electron chi connectivity index (χ3n) is 3.60. The molecule has 136 valence electrons. The van der Waals surface area contributed by atoms with Gasteiger partial charge >= 0.3 is 6.09 Å². The molecule has 0 aliphatic carbocycles. The topological polar surface area (TPSA) is 50.8 Å². The summed E-state index contributed by atoms with van der Waals surface area (Å²) in [5.41, 5.74) is 0.770. The molecule has 0 radical (unpaired) electrons. The van der Waals surface area contributed by atoms with E-state index in [2.05, 4.69) is 24.4 Å². The van der Waals surface area contributed by atoms with E-state index >= 15 is 0 Å². The molecular formula is C19H32N2O3. The van der Waals surface area contributed by atoms with Gasteiger partial charge in [0.25, 0.3) is 0 Å². The molecule has 0 spiro atoms. The third kappa shape index (κ3) is 7.79. The molecule has 0 saturated heterocycles. The maximum Gasteiger partial charge on any atom is 0.410 e. The highest BCUT2D eigenvalue weighted by atomic mass is 16.6. The second kappa shape index (κ2) is 10.3. The fourth-order valence-electron chi connectivity index (χ4n) is 2.38. The Hall–Kier alpha value is -1.59. The normalized spacial score (nSPS) is 12.7. The lowest BCUT2D eigenvalue weighted by molar-refractivity contribution is 0.0203. The zero-order chi connectivity index (χ0) is 18.0. The van der Waals surface area contributed by atoms with Gasteiger partial charge in [-0.15, -0.1) is 0 Å². The molecule has 1 N–H and O–H groups in total. The summed E-state index contributed by atoms with van der Waals surface area (Å²) in [5, 5.41) is 3.52. The van der Waals surface area contributed by atoms with Crippen molar-refractivity contribution in [3.63, 3.8) is 0 Å². The lowest BCUT2D eigenvalue weighted by Gasteiger charge is -2.28. The molecule has 0 heterocycles. The second-order valence-electron chi connectivity index (χ2n) is 6.79. The van der Waals surface area contributed by atoms with Crippen molar-refractivity contribution >= 4 is 6.09 Å². The van der Waals surface area contributed by atoms with Gasteiger partial charge in [0.05, 0.1) is 6.61 Å². The number of methoxy groups -OCH3 is 1. The summed E-state index contributed by atoms with van der Waals surface area (Å²) in [6.07, 6.45) is 0.697. The van der Waals surface area contributed by atoms with Crippen molar-refractivity contribution in [2.24, 2.45) is 0 Å². The standard InChI is InChI=1S/C19H32N2O3/c1-6-17(16-10-8-7-9-11-16)20-12-13-21(14-15-23-5)18(22)24-19(2,3)4/h7-11,17,20H,6,12-15H2,1-5H3. The average Bonchev–Trinajstić information content (AvgIpc) is 2.53. The predicted octanol–water partition coefficient (Wildman–Crippen LogP) is 3.61. The zero-order valence-corrected chi connectivity index (χ0v) is 15.7. The van der Waals surface area contributed by atoms with Crippen LogP contribution in [0.2, 0.25) is 0 Å². The van der Waals surface area contributed by atoms with Crippen molar-refractivity contribution < 1.29 is 14.3 Å². The highest BCUT2D eigenvalue weighted by molar-refractivity contribution is 5.68. The molecule has 1 unspecified atom stereocenters. The van der Waals surface area contributed by atoms with Gasteiger partial charge in [-0.25, -0.2) is 4.79 Å². The molecule has 1 rings (SSSR count). The average molecular weight is 336 g/mol. The Balaban J connectivity index is 2.55. The van der Waals surface area contributed by atoms with Crippen LogP contribution in [0.1, 0.15) is 45.7 Å². The molecule has 0 aliphatic rings. The predicted molar refractivity (Wildman–Crippen MR) is 97.2 cm³/mol. The molecular weight excluding hydrogens is 304 g/mol. The molecule has 0 aliphatic heterocycles. The van der Waals surface area contributed by atoms with E-state index in [1.165, 1.54) is 5.56 Å². The Morgan fingerprint density at radius 1 is 1.21 bits per heavy atom. The number of nitrogens with zero attached hydrogens (tertiary/aromatic N) is 1. The Morgan fingerprint density at radius 2 is 1.88 bits per heavy atom. The number of carbonyl (C=O) groups is 1. The number of hydrogen-bond donors (Lipinski definition) is 1. The van der Waals surface area contributed by atoms with E-state index in [1.807, 2.05) is 39.0 Å². The first-order chi connectivity index (χ1) is 11.4. The lowest BCUT2D eigenvalue weighted by Crippen LogP contribution is -2.42. The van der Waals surface area contributed by atoms with Crippen LogP contribution in [0, 0.1) is 0 Å². The summed E-state index contributed by atoms with van der Waals surface area (Å²) in [6, 6.07) is 10.6. The summed E-state index contributed by atoms with van der Waals surface area (Å²) in [6.45, 7) is 10.1. The van der Waals surface area contributed by atoms with E-state index < -0.39 is 5.60 Å². The monoisotopic (exact) mass is 336 g/mol. The molecule has 1 amide bonds. The Kier molecular flexibility index (Phi) is 8.79. The second-order valence-corrected chi connectivity index (χ2v) is 6.79. The third-order valence-corrected chi connectivity index (χ3v) is 3.60. The number of carbonyl (C=O) groups excluding carboxylic acids is 1. The SMILES string of the molecule is CCC(NCCN(CCOC)C(=O)OC(C)(C)C)c1ccccc1. The minimum atomic E-state index is -0.494. The summed E-state index contributed by atoms with van der Waals surface area (Å²) in [7, 11) is 1.63. The zero-order valence-electron chi connectivity index (χ0n) is 15.7. The van der Waals surface area contributed by atoms with Crippen molar-refractivity contribution in [3.05, 3.63) is 35.9 Å². The van der Waals surface area contributed by atoms with Gasteiger partial charge in [-0.2, -0.15) is 0 Å². The molecule has 5 nitrogen and oxygen atoms in total. The van der Waals surface area contributed by atoms with Gasteiger partial charge in [0.2, 0.25) is 0 Å². The van der Waals surface area contributed by atoms with Crippen molar-refractivity contribution in [2.45, 2.75) is 45.8 Å². The van der Waals surface area contributed by atoms with Gasteiger partial charge in [-0.3, -0.25) is 0 Å². The van der Waals surface area contributed by atoms with Gasteiger partial charge in [0.15, 0.2) is 0 Å². The van der Waals surface area contributed by atoms with Crippen LogP contribution in [-0.2, 0) is 9.47 Å². The van der Waals surface area contributed by atoms with E-state index in [9.17, 15) is 4.79 Å². The van der Waals surface area contributed by atoms with Gasteiger partial charge in [-0.05, 0) is 32.8 Å². The highest BCUT2D eigenvalue weighted by Crippen LogP contribution is 2.15. The first-order valence-corrected chi connectivity index (χ1v) is 8.62. The molecule has 5 heteroatoms. The Labute approximate surface area is 146 Å². The summed E-state index contributed by atoms with van der Waals surface area (Å²) >= 11 is 0. The van der Waals surface area contributed by atoms with Crippen molar-refractivity contribution in [1.82, 2.24) is 10.2 Å². The van der Waals surface area contributed by atoms with Gasteiger partial charge in [0.1, 0.15) is 5.60 Å². The van der Waals surface area contributed by atoms with Crippen LogP contribution < -0.4 is 5.32 Å². The van der Waals surface area contributed by atoms with Gasteiger partial charge in [0, 0.05) is 32.8 Å². The molecule has 0 bridgehead atoms. The minimum absolute atomic E-state index is 0.286. The van der Waals surface area contributed by atoms with Crippen LogP contribution in [-0.4, -0.2) is 49.9 Å². The van der Waals surface area contributed by atoms with Crippen LogP contribution >= 0.6 is 0 Å². The molecule has 0 fully saturated rings. The van der Waals surface area contributed by atoms with Crippen LogP contribution in [0.25, 0.3) is 0 Å². The fraction of sp³-hybridized carbons (Fsp3) is 0.632. The van der Waals surface area contributed by atoms with Gasteiger partial charge in [-0.1, -0.05) is 37.3 Å². The number of benzene rings is 1. The molecule has 1 aromatic carbocycles. The quantitative estimate of drug-likeness (QED) is 0.748. The Bertz CT molecular complexity index is 471. The van der Waals surface area contributed by atoms with E-state index in [0.717, 1.165) is 6.42 Å². The van der Waals surface area contributed by atoms with E-state index in [1.54, 1.807) is 12.0 Å². The first-order valence-electron chi connectivity index (χ1n) is 8.62. The summed E-state index contributed by atoms with van der Waals surface area (Å²) in [5.74, 6) is 0. The van der Waals surface area contributed by atoms with E-state index in [0.29, 0.717) is 26.2 Å². The first kappa shape index (κ1) is 20.5. The Morgan fingerprint density at radius 3 is 2.42 bits per heavy atom. The maximum atomic E-state index is 12.3. The number of nitrogens with one attached hydrogen (secondary N) is 1.